The van der Waals surface area contributed by atoms with Crippen molar-refractivity contribution in [2.45, 2.75) is 6.54 Å². The lowest BCUT2D eigenvalue weighted by Crippen LogP contribution is -2.26. The summed E-state index contributed by atoms with van der Waals surface area (Å²) < 4.78 is 1.64. The van der Waals surface area contributed by atoms with Crippen LogP contribution in [0, 0.1) is 0 Å². The number of carboxylic acid groups (broad SMARTS) is 1. The lowest BCUT2D eigenvalue weighted by atomic mass is 10.1. The first-order valence-corrected chi connectivity index (χ1v) is 5.90. The number of nitrogens with zero attached hydrogens (tertiary/aromatic N) is 3. The third kappa shape index (κ3) is 1.64. The minimum absolute atomic E-state index is 0.0111. The highest BCUT2D eigenvalue weighted by Gasteiger charge is 2.28. The van der Waals surface area contributed by atoms with Gasteiger partial charge in [0.1, 0.15) is 17.8 Å². The quantitative estimate of drug-likeness (QED) is 0.833. The lowest BCUT2D eigenvalue weighted by molar-refractivity contribution is 0.0689. The number of aromatic hydroxyl groups is 1. The molecule has 0 unspecified atom stereocenters. The molecule has 0 bridgehead atoms. The van der Waals surface area contributed by atoms with Crippen LogP contribution in [0.15, 0.2) is 18.5 Å². The number of phenols is 1. The topological polar surface area (TPSA) is 78.6 Å². The number of anilines is 1. The van der Waals surface area contributed by atoms with E-state index in [2.05, 4.69) is 4.98 Å². The SMILES string of the molecule is CN1Cc2c(C(=O)O)ncn2-c2cc(Cl)cc(O)c21. The average Bonchev–Trinajstić information content (AvgIpc) is 2.71. The predicted molar refractivity (Wildman–Crippen MR) is 69.3 cm³/mol. The first kappa shape index (κ1) is 11.9. The molecule has 0 saturated carbocycles. The molecule has 1 aromatic carbocycles. The van der Waals surface area contributed by atoms with E-state index in [9.17, 15) is 9.90 Å². The summed E-state index contributed by atoms with van der Waals surface area (Å²) in [5.74, 6) is -1.02. The summed E-state index contributed by atoms with van der Waals surface area (Å²) in [7, 11) is 1.77. The average molecular weight is 280 g/mol. The zero-order chi connectivity index (χ0) is 13.7. The largest absolute Gasteiger partial charge is 0.506 e. The van der Waals surface area contributed by atoms with E-state index in [4.69, 9.17) is 16.7 Å². The van der Waals surface area contributed by atoms with E-state index in [1.807, 2.05) is 0 Å². The fourth-order valence-electron chi connectivity index (χ4n) is 2.36. The van der Waals surface area contributed by atoms with Gasteiger partial charge in [0.05, 0.1) is 17.9 Å². The molecular weight excluding hydrogens is 270 g/mol. The van der Waals surface area contributed by atoms with Crippen LogP contribution >= 0.6 is 11.6 Å². The Bertz CT molecular complexity index is 696. The van der Waals surface area contributed by atoms with Crippen LogP contribution in [0.3, 0.4) is 0 Å². The summed E-state index contributed by atoms with van der Waals surface area (Å²) in [6, 6.07) is 3.12. The number of halogens is 1. The van der Waals surface area contributed by atoms with Gasteiger partial charge in [0.25, 0.3) is 0 Å². The maximum Gasteiger partial charge on any atom is 0.356 e. The van der Waals surface area contributed by atoms with Gasteiger partial charge in [0.15, 0.2) is 5.69 Å². The molecule has 0 atom stereocenters. The number of rotatable bonds is 1. The Morgan fingerprint density at radius 1 is 1.47 bits per heavy atom. The number of hydrogen-bond acceptors (Lipinski definition) is 4. The second-order valence-electron chi connectivity index (χ2n) is 4.36. The number of imidazole rings is 1. The number of carboxylic acids is 1. The fourth-order valence-corrected chi connectivity index (χ4v) is 2.57. The molecule has 2 aromatic rings. The van der Waals surface area contributed by atoms with E-state index >= 15 is 0 Å². The molecule has 0 radical (unpaired) electrons. The van der Waals surface area contributed by atoms with Crippen molar-refractivity contribution in [3.05, 3.63) is 34.9 Å². The molecule has 19 heavy (non-hydrogen) atoms. The molecule has 2 heterocycles. The van der Waals surface area contributed by atoms with Gasteiger partial charge in [-0.1, -0.05) is 11.6 Å². The number of fused-ring (bicyclic) bond motifs is 3. The van der Waals surface area contributed by atoms with Crippen LogP contribution in [0.2, 0.25) is 5.02 Å². The van der Waals surface area contributed by atoms with Crippen molar-refractivity contribution in [1.82, 2.24) is 9.55 Å². The van der Waals surface area contributed by atoms with Crippen molar-refractivity contribution >= 4 is 23.3 Å². The number of phenolic OH excluding ortho intramolecular Hbond substituents is 1. The van der Waals surface area contributed by atoms with Crippen LogP contribution in [0.5, 0.6) is 5.75 Å². The van der Waals surface area contributed by atoms with Crippen molar-refractivity contribution in [1.29, 1.82) is 0 Å². The fraction of sp³-hybridized carbons (Fsp3) is 0.167. The summed E-state index contributed by atoms with van der Waals surface area (Å²) in [4.78, 5) is 16.8. The number of hydrogen-bond donors (Lipinski definition) is 2. The summed E-state index contributed by atoms with van der Waals surface area (Å²) in [5, 5.41) is 19.5. The third-order valence-electron chi connectivity index (χ3n) is 3.13. The normalized spacial score (nSPS) is 13.1. The maximum absolute atomic E-state index is 11.1. The third-order valence-corrected chi connectivity index (χ3v) is 3.35. The van der Waals surface area contributed by atoms with Gasteiger partial charge >= 0.3 is 5.97 Å². The maximum atomic E-state index is 11.1. The number of benzene rings is 1. The predicted octanol–water partition coefficient (Wildman–Crippen LogP) is 1.88. The van der Waals surface area contributed by atoms with Gasteiger partial charge in [-0.3, -0.25) is 4.57 Å². The number of carbonyl (C=O) groups is 1. The molecule has 0 fully saturated rings. The van der Waals surface area contributed by atoms with Crippen LogP contribution < -0.4 is 4.90 Å². The summed E-state index contributed by atoms with van der Waals surface area (Å²) in [6.07, 6.45) is 1.43. The number of aromatic nitrogens is 2. The molecule has 1 aromatic heterocycles. The van der Waals surface area contributed by atoms with Gasteiger partial charge in [0.2, 0.25) is 0 Å². The van der Waals surface area contributed by atoms with Crippen LogP contribution in [-0.4, -0.2) is 32.8 Å². The van der Waals surface area contributed by atoms with Crippen molar-refractivity contribution < 1.29 is 15.0 Å². The van der Waals surface area contributed by atoms with E-state index in [1.54, 1.807) is 22.6 Å². The molecule has 1 aliphatic rings. The second kappa shape index (κ2) is 3.89. The lowest BCUT2D eigenvalue weighted by Gasteiger charge is -2.29. The Labute approximate surface area is 113 Å². The minimum atomic E-state index is -1.07. The standard InChI is InChI=1S/C12H10ClN3O3/c1-15-4-8-10(12(18)19)14-5-16(8)7-2-6(13)3-9(17)11(7)15/h2-3,5,17H,4H2,1H3,(H,18,19). The van der Waals surface area contributed by atoms with Crippen LogP contribution in [-0.2, 0) is 6.54 Å². The number of aromatic carboxylic acids is 1. The van der Waals surface area contributed by atoms with E-state index < -0.39 is 5.97 Å². The van der Waals surface area contributed by atoms with E-state index in [0.29, 0.717) is 28.6 Å². The van der Waals surface area contributed by atoms with Gasteiger partial charge in [-0.2, -0.15) is 0 Å². The Balaban J connectivity index is 2.31. The second-order valence-corrected chi connectivity index (χ2v) is 4.80. The summed E-state index contributed by atoms with van der Waals surface area (Å²) in [5.41, 5.74) is 1.79. The monoisotopic (exact) mass is 279 g/mol. The minimum Gasteiger partial charge on any atom is -0.506 e. The Morgan fingerprint density at radius 2 is 2.21 bits per heavy atom. The van der Waals surface area contributed by atoms with Crippen molar-refractivity contribution in [2.24, 2.45) is 0 Å². The molecule has 6 nitrogen and oxygen atoms in total. The molecule has 0 amide bonds. The molecule has 0 saturated heterocycles. The molecule has 3 rings (SSSR count). The molecule has 1 aliphatic heterocycles. The van der Waals surface area contributed by atoms with Gasteiger partial charge in [-0.05, 0) is 6.07 Å². The van der Waals surface area contributed by atoms with Crippen LogP contribution in [0.1, 0.15) is 16.2 Å². The van der Waals surface area contributed by atoms with Crippen molar-refractivity contribution in [3.63, 3.8) is 0 Å². The molecule has 7 heteroatoms. The zero-order valence-corrected chi connectivity index (χ0v) is 10.7. The molecule has 98 valence electrons. The van der Waals surface area contributed by atoms with Gasteiger partial charge in [-0.15, -0.1) is 0 Å². The van der Waals surface area contributed by atoms with E-state index in [0.717, 1.165) is 0 Å². The zero-order valence-electron chi connectivity index (χ0n) is 9.96. The molecule has 0 spiro atoms. The van der Waals surface area contributed by atoms with Crippen molar-refractivity contribution in [3.8, 4) is 11.4 Å². The Kier molecular flexibility index (Phi) is 2.43. The van der Waals surface area contributed by atoms with Crippen molar-refractivity contribution in [2.75, 3.05) is 11.9 Å². The van der Waals surface area contributed by atoms with E-state index in [-0.39, 0.29) is 11.4 Å². The summed E-state index contributed by atoms with van der Waals surface area (Å²) >= 11 is 5.94. The highest BCUT2D eigenvalue weighted by Crippen LogP contribution is 2.40. The van der Waals surface area contributed by atoms with Crippen LogP contribution in [0.4, 0.5) is 5.69 Å². The highest BCUT2D eigenvalue weighted by molar-refractivity contribution is 6.31. The molecule has 2 N–H and O–H groups in total. The van der Waals surface area contributed by atoms with Gasteiger partial charge in [-0.25, -0.2) is 9.78 Å². The van der Waals surface area contributed by atoms with Gasteiger partial charge < -0.3 is 15.1 Å². The molecule has 0 aliphatic carbocycles. The first-order valence-electron chi connectivity index (χ1n) is 5.52. The molecular formula is C12H10ClN3O3. The van der Waals surface area contributed by atoms with Crippen LogP contribution in [0.25, 0.3) is 5.69 Å². The first-order chi connectivity index (χ1) is 8.99. The Hall–Kier alpha value is -2.21. The smallest absolute Gasteiger partial charge is 0.356 e. The summed E-state index contributed by atoms with van der Waals surface area (Å²) in [6.45, 7) is 0.351. The van der Waals surface area contributed by atoms with E-state index in [1.165, 1.54) is 12.4 Å². The van der Waals surface area contributed by atoms with Gasteiger partial charge in [0, 0.05) is 18.1 Å². The Morgan fingerprint density at radius 3 is 2.89 bits per heavy atom. The highest BCUT2D eigenvalue weighted by atomic mass is 35.5.